The Morgan fingerprint density at radius 3 is 2.53 bits per heavy atom. The van der Waals surface area contributed by atoms with Crippen LogP contribution in [0, 0.1) is 0 Å². The summed E-state index contributed by atoms with van der Waals surface area (Å²) >= 11 is 0. The predicted molar refractivity (Wildman–Crippen MR) is 78.4 cm³/mol. The maximum Gasteiger partial charge on any atom is 0.307 e. The Morgan fingerprint density at radius 1 is 1.32 bits per heavy atom. The summed E-state index contributed by atoms with van der Waals surface area (Å²) in [6.45, 7) is 3.14. The number of esters is 1. The van der Waals surface area contributed by atoms with Gasteiger partial charge in [-0.25, -0.2) is 0 Å². The number of nitrogens with one attached hydrogen (secondary N) is 1. The average Bonchev–Trinajstić information content (AvgIpc) is 2.34. The first kappa shape index (κ1) is 16.0. The summed E-state index contributed by atoms with van der Waals surface area (Å²) < 4.78 is 5.05. The van der Waals surface area contributed by atoms with Crippen LogP contribution in [-0.2, 0) is 16.1 Å². The second-order valence-electron chi connectivity index (χ2n) is 4.95. The van der Waals surface area contributed by atoms with Crippen LogP contribution in [0.3, 0.4) is 0 Å². The van der Waals surface area contributed by atoms with Crippen molar-refractivity contribution < 1.29 is 9.53 Å². The summed E-state index contributed by atoms with van der Waals surface area (Å²) in [4.78, 5) is 11.6. The SMILES string of the molecule is CCOC(=O)CC1(NCc2ccccc2)CCC1.Cl. The molecule has 1 aliphatic carbocycles. The number of ether oxygens (including phenoxy) is 1. The molecule has 1 aromatic carbocycles. The minimum atomic E-state index is -0.0854. The molecule has 0 bridgehead atoms. The lowest BCUT2D eigenvalue weighted by Crippen LogP contribution is -2.52. The molecule has 0 unspecified atom stereocenters. The van der Waals surface area contributed by atoms with Gasteiger partial charge in [-0.2, -0.15) is 0 Å². The highest BCUT2D eigenvalue weighted by Crippen LogP contribution is 2.35. The van der Waals surface area contributed by atoms with Gasteiger partial charge in [0, 0.05) is 12.1 Å². The van der Waals surface area contributed by atoms with Crippen molar-refractivity contribution in [3.63, 3.8) is 0 Å². The highest BCUT2D eigenvalue weighted by Gasteiger charge is 2.38. The monoisotopic (exact) mass is 283 g/mol. The predicted octanol–water partition coefficient (Wildman–Crippen LogP) is 3.07. The Balaban J connectivity index is 0.00000180. The Morgan fingerprint density at radius 2 is 2.00 bits per heavy atom. The zero-order valence-corrected chi connectivity index (χ0v) is 12.2. The van der Waals surface area contributed by atoms with Crippen LogP contribution in [0.15, 0.2) is 30.3 Å². The van der Waals surface area contributed by atoms with E-state index in [-0.39, 0.29) is 23.9 Å². The van der Waals surface area contributed by atoms with Crippen LogP contribution < -0.4 is 5.32 Å². The molecule has 0 saturated heterocycles. The van der Waals surface area contributed by atoms with Crippen molar-refractivity contribution in [3.8, 4) is 0 Å². The first-order chi connectivity index (χ1) is 8.74. The first-order valence-electron chi connectivity index (χ1n) is 6.69. The molecule has 0 atom stereocenters. The van der Waals surface area contributed by atoms with Gasteiger partial charge in [-0.05, 0) is 31.7 Å². The molecule has 0 spiro atoms. The first-order valence-corrected chi connectivity index (χ1v) is 6.69. The zero-order valence-electron chi connectivity index (χ0n) is 11.4. The smallest absolute Gasteiger partial charge is 0.307 e. The number of rotatable bonds is 6. The van der Waals surface area contributed by atoms with E-state index in [1.807, 2.05) is 25.1 Å². The maximum absolute atomic E-state index is 11.6. The molecule has 0 amide bonds. The minimum Gasteiger partial charge on any atom is -0.466 e. The number of benzene rings is 1. The third kappa shape index (κ3) is 4.51. The van der Waals surface area contributed by atoms with Crippen LogP contribution in [0.4, 0.5) is 0 Å². The van der Waals surface area contributed by atoms with Crippen LogP contribution >= 0.6 is 12.4 Å². The molecule has 3 nitrogen and oxygen atoms in total. The molecule has 2 rings (SSSR count). The average molecular weight is 284 g/mol. The number of halogens is 1. The summed E-state index contributed by atoms with van der Waals surface area (Å²) in [6.07, 6.45) is 3.83. The lowest BCUT2D eigenvalue weighted by atomic mass is 9.74. The highest BCUT2D eigenvalue weighted by molar-refractivity contribution is 5.85. The third-order valence-electron chi connectivity index (χ3n) is 3.61. The maximum atomic E-state index is 11.6. The third-order valence-corrected chi connectivity index (χ3v) is 3.61. The molecule has 4 heteroatoms. The molecule has 0 aliphatic heterocycles. The molecule has 0 aromatic heterocycles. The second-order valence-corrected chi connectivity index (χ2v) is 4.95. The summed E-state index contributed by atoms with van der Waals surface area (Å²) in [7, 11) is 0. The fourth-order valence-electron chi connectivity index (χ4n) is 2.39. The normalized spacial score (nSPS) is 16.1. The van der Waals surface area contributed by atoms with Crippen molar-refractivity contribution in [2.45, 2.75) is 44.7 Å². The van der Waals surface area contributed by atoms with Gasteiger partial charge in [0.15, 0.2) is 0 Å². The van der Waals surface area contributed by atoms with Gasteiger partial charge in [-0.3, -0.25) is 4.79 Å². The lowest BCUT2D eigenvalue weighted by Gasteiger charge is -2.42. The summed E-state index contributed by atoms with van der Waals surface area (Å²) in [6, 6.07) is 10.3. The van der Waals surface area contributed by atoms with Gasteiger partial charge in [-0.1, -0.05) is 30.3 Å². The Kier molecular flexibility index (Phi) is 6.32. The van der Waals surface area contributed by atoms with E-state index in [4.69, 9.17) is 4.74 Å². The van der Waals surface area contributed by atoms with Crippen molar-refractivity contribution in [1.29, 1.82) is 0 Å². The Hall–Kier alpha value is -1.06. The van der Waals surface area contributed by atoms with Gasteiger partial charge >= 0.3 is 5.97 Å². The van der Waals surface area contributed by atoms with E-state index in [0.29, 0.717) is 13.0 Å². The molecule has 0 heterocycles. The summed E-state index contributed by atoms with van der Waals surface area (Å²) in [5.41, 5.74) is 1.23. The fraction of sp³-hybridized carbons (Fsp3) is 0.533. The second kappa shape index (κ2) is 7.51. The van der Waals surface area contributed by atoms with Crippen LogP contribution in [-0.4, -0.2) is 18.1 Å². The molecular weight excluding hydrogens is 262 g/mol. The van der Waals surface area contributed by atoms with Crippen LogP contribution in [0.5, 0.6) is 0 Å². The molecule has 1 saturated carbocycles. The molecule has 106 valence electrons. The molecular formula is C15H22ClNO2. The van der Waals surface area contributed by atoms with Gasteiger partial charge in [-0.15, -0.1) is 12.4 Å². The number of carbonyl (C=O) groups is 1. The van der Waals surface area contributed by atoms with E-state index < -0.39 is 0 Å². The van der Waals surface area contributed by atoms with Crippen molar-refractivity contribution in [1.82, 2.24) is 5.32 Å². The highest BCUT2D eigenvalue weighted by atomic mass is 35.5. The quantitative estimate of drug-likeness (QED) is 0.816. The van der Waals surface area contributed by atoms with Gasteiger partial charge in [0.2, 0.25) is 0 Å². The van der Waals surface area contributed by atoms with E-state index in [2.05, 4.69) is 17.4 Å². The molecule has 0 radical (unpaired) electrons. The van der Waals surface area contributed by atoms with E-state index in [1.165, 1.54) is 12.0 Å². The molecule has 1 N–H and O–H groups in total. The van der Waals surface area contributed by atoms with Gasteiger partial charge < -0.3 is 10.1 Å². The Labute approximate surface area is 121 Å². The van der Waals surface area contributed by atoms with Crippen molar-refractivity contribution >= 4 is 18.4 Å². The minimum absolute atomic E-state index is 0. The van der Waals surface area contributed by atoms with E-state index in [1.54, 1.807) is 0 Å². The van der Waals surface area contributed by atoms with Gasteiger partial charge in [0.05, 0.1) is 13.0 Å². The lowest BCUT2D eigenvalue weighted by molar-refractivity contribution is -0.146. The largest absolute Gasteiger partial charge is 0.466 e. The number of hydrogen-bond acceptors (Lipinski definition) is 3. The molecule has 1 fully saturated rings. The molecule has 19 heavy (non-hydrogen) atoms. The molecule has 1 aliphatic rings. The van der Waals surface area contributed by atoms with Crippen LogP contribution in [0.2, 0.25) is 0 Å². The number of hydrogen-bond donors (Lipinski definition) is 1. The van der Waals surface area contributed by atoms with Crippen LogP contribution in [0.1, 0.15) is 38.2 Å². The van der Waals surface area contributed by atoms with Gasteiger partial charge in [0.1, 0.15) is 0 Å². The summed E-state index contributed by atoms with van der Waals surface area (Å²) in [5.74, 6) is -0.0854. The number of carbonyl (C=O) groups excluding carboxylic acids is 1. The summed E-state index contributed by atoms with van der Waals surface area (Å²) in [5, 5.41) is 3.54. The standard InChI is InChI=1S/C15H21NO2.ClH/c1-2-18-14(17)11-15(9-6-10-15)16-12-13-7-4-3-5-8-13;/h3-5,7-8,16H,2,6,9-12H2,1H3;1H. The van der Waals surface area contributed by atoms with Gasteiger partial charge in [0.25, 0.3) is 0 Å². The van der Waals surface area contributed by atoms with Crippen molar-refractivity contribution in [2.75, 3.05) is 6.61 Å². The van der Waals surface area contributed by atoms with E-state index >= 15 is 0 Å². The zero-order chi connectivity index (χ0) is 12.8. The molecule has 1 aromatic rings. The Bertz CT molecular complexity index is 390. The van der Waals surface area contributed by atoms with Crippen LogP contribution in [0.25, 0.3) is 0 Å². The van der Waals surface area contributed by atoms with Crippen molar-refractivity contribution in [3.05, 3.63) is 35.9 Å². The van der Waals surface area contributed by atoms with E-state index in [9.17, 15) is 4.79 Å². The fourth-order valence-corrected chi connectivity index (χ4v) is 2.39. The topological polar surface area (TPSA) is 38.3 Å². The van der Waals surface area contributed by atoms with Crippen molar-refractivity contribution in [2.24, 2.45) is 0 Å². The van der Waals surface area contributed by atoms with E-state index in [0.717, 1.165) is 19.4 Å².